The summed E-state index contributed by atoms with van der Waals surface area (Å²) in [7, 11) is 0. The van der Waals surface area contributed by atoms with Gasteiger partial charge in [0, 0.05) is 8.04 Å². The number of carbonyl (C=O) groups is 1. The fourth-order valence-electron chi connectivity index (χ4n) is 0.628. The van der Waals surface area contributed by atoms with Gasteiger partial charge in [0.15, 0.2) is 6.29 Å². The molecule has 0 radical (unpaired) electrons. The molecule has 0 saturated heterocycles. The van der Waals surface area contributed by atoms with Crippen molar-refractivity contribution in [2.24, 2.45) is 0 Å². The second-order valence-corrected chi connectivity index (χ2v) is 3.92. The lowest BCUT2D eigenvalue weighted by molar-refractivity contribution is 0.111. The maximum Gasteiger partial charge on any atom is 0.153 e. The van der Waals surface area contributed by atoms with Crippen molar-refractivity contribution < 1.29 is 9.18 Å². The Morgan fingerprint density at radius 2 is 2.18 bits per heavy atom. The zero-order valence-corrected chi connectivity index (χ0v) is 9.02. The first-order chi connectivity index (χ1) is 5.15. The third kappa shape index (κ3) is 1.99. The number of carbonyl (C=O) groups excluding carboxylic acids is 1. The van der Waals surface area contributed by atoms with Gasteiger partial charge in [-0.05, 0) is 50.7 Å². The summed E-state index contributed by atoms with van der Waals surface area (Å²) in [4.78, 5) is 10.2. The minimum Gasteiger partial charge on any atom is -0.298 e. The minimum atomic E-state index is -0.479. The van der Waals surface area contributed by atoms with Crippen molar-refractivity contribution in [3.05, 3.63) is 31.6 Å². The molecule has 0 aromatic heterocycles. The SMILES string of the molecule is O=Cc1cc(Br)c(I)cc1F. The van der Waals surface area contributed by atoms with E-state index in [2.05, 4.69) is 15.9 Å². The van der Waals surface area contributed by atoms with Gasteiger partial charge >= 0.3 is 0 Å². The molecule has 0 aliphatic carbocycles. The molecule has 0 heterocycles. The first-order valence-corrected chi connectivity index (χ1v) is 4.62. The van der Waals surface area contributed by atoms with Gasteiger partial charge in [0.1, 0.15) is 5.82 Å². The van der Waals surface area contributed by atoms with Gasteiger partial charge in [0.2, 0.25) is 0 Å². The van der Waals surface area contributed by atoms with Crippen LogP contribution in [0.5, 0.6) is 0 Å². The molecule has 0 bridgehead atoms. The highest BCUT2D eigenvalue weighted by Crippen LogP contribution is 2.21. The number of halogens is 3. The van der Waals surface area contributed by atoms with Crippen LogP contribution in [0, 0.1) is 9.39 Å². The third-order valence-electron chi connectivity index (χ3n) is 1.17. The van der Waals surface area contributed by atoms with Crippen LogP contribution in [-0.4, -0.2) is 6.29 Å². The molecule has 1 rings (SSSR count). The molecule has 1 aromatic carbocycles. The van der Waals surface area contributed by atoms with Crippen molar-refractivity contribution >= 4 is 44.8 Å². The molecule has 0 aliphatic rings. The molecule has 11 heavy (non-hydrogen) atoms. The van der Waals surface area contributed by atoms with Crippen molar-refractivity contribution in [3.63, 3.8) is 0 Å². The predicted octanol–water partition coefficient (Wildman–Crippen LogP) is 3.01. The van der Waals surface area contributed by atoms with Crippen LogP contribution < -0.4 is 0 Å². The number of hydrogen-bond donors (Lipinski definition) is 0. The van der Waals surface area contributed by atoms with Crippen LogP contribution >= 0.6 is 38.5 Å². The molecule has 0 spiro atoms. The standard InChI is InChI=1S/C7H3BrFIO/c8-5-1-4(3-11)6(9)2-7(5)10/h1-3H. The van der Waals surface area contributed by atoms with Gasteiger partial charge in [0.25, 0.3) is 0 Å². The van der Waals surface area contributed by atoms with Crippen LogP contribution in [0.25, 0.3) is 0 Å². The van der Waals surface area contributed by atoms with Crippen LogP contribution in [-0.2, 0) is 0 Å². The fraction of sp³-hybridized carbons (Fsp3) is 0. The minimum absolute atomic E-state index is 0.0808. The quantitative estimate of drug-likeness (QED) is 0.440. The van der Waals surface area contributed by atoms with Gasteiger partial charge in [-0.25, -0.2) is 4.39 Å². The lowest BCUT2D eigenvalue weighted by atomic mass is 10.2. The van der Waals surface area contributed by atoms with Crippen LogP contribution in [0.2, 0.25) is 0 Å². The summed E-state index contributed by atoms with van der Waals surface area (Å²) in [5.74, 6) is -0.479. The van der Waals surface area contributed by atoms with Crippen molar-refractivity contribution in [1.82, 2.24) is 0 Å². The molecular weight excluding hydrogens is 326 g/mol. The van der Waals surface area contributed by atoms with Gasteiger partial charge in [-0.2, -0.15) is 0 Å². The molecule has 0 saturated carbocycles. The van der Waals surface area contributed by atoms with E-state index in [0.717, 1.165) is 8.04 Å². The Labute approximate surface area is 85.3 Å². The molecule has 0 N–H and O–H groups in total. The molecule has 0 atom stereocenters. The first-order valence-electron chi connectivity index (χ1n) is 2.75. The Kier molecular flexibility index (Phi) is 3.00. The lowest BCUT2D eigenvalue weighted by Crippen LogP contribution is -1.89. The first kappa shape index (κ1) is 9.12. The summed E-state index contributed by atoms with van der Waals surface area (Å²) in [6.07, 6.45) is 0.496. The van der Waals surface area contributed by atoms with Gasteiger partial charge in [-0.3, -0.25) is 4.79 Å². The number of rotatable bonds is 1. The zero-order chi connectivity index (χ0) is 8.43. The highest BCUT2D eigenvalue weighted by molar-refractivity contribution is 14.1. The summed E-state index contributed by atoms with van der Waals surface area (Å²) in [6.45, 7) is 0. The van der Waals surface area contributed by atoms with Gasteiger partial charge in [0.05, 0.1) is 5.56 Å². The molecule has 0 unspecified atom stereocenters. The molecule has 4 heteroatoms. The van der Waals surface area contributed by atoms with Crippen molar-refractivity contribution in [3.8, 4) is 0 Å². The van der Waals surface area contributed by atoms with Gasteiger partial charge in [-0.1, -0.05) is 0 Å². The van der Waals surface area contributed by atoms with E-state index in [1.165, 1.54) is 12.1 Å². The number of aldehydes is 1. The van der Waals surface area contributed by atoms with Crippen molar-refractivity contribution in [2.45, 2.75) is 0 Å². The zero-order valence-electron chi connectivity index (χ0n) is 5.27. The lowest BCUT2D eigenvalue weighted by Gasteiger charge is -1.97. The maximum atomic E-state index is 12.8. The summed E-state index contributed by atoms with van der Waals surface area (Å²) in [5.41, 5.74) is 0.0808. The average molecular weight is 329 g/mol. The molecule has 0 fully saturated rings. The number of benzene rings is 1. The van der Waals surface area contributed by atoms with Crippen LogP contribution in [0.1, 0.15) is 10.4 Å². The second kappa shape index (κ2) is 3.62. The molecule has 58 valence electrons. The predicted molar refractivity (Wildman–Crippen MR) is 52.2 cm³/mol. The summed E-state index contributed by atoms with van der Waals surface area (Å²) in [5, 5.41) is 0. The van der Waals surface area contributed by atoms with E-state index in [4.69, 9.17) is 0 Å². The molecule has 0 aliphatic heterocycles. The number of hydrogen-bond acceptors (Lipinski definition) is 1. The van der Waals surface area contributed by atoms with E-state index in [1.807, 2.05) is 22.6 Å². The summed E-state index contributed by atoms with van der Waals surface area (Å²) in [6, 6.07) is 2.78. The van der Waals surface area contributed by atoms with Gasteiger partial charge < -0.3 is 0 Å². The van der Waals surface area contributed by atoms with Gasteiger partial charge in [-0.15, -0.1) is 0 Å². The van der Waals surface area contributed by atoms with E-state index in [-0.39, 0.29) is 5.56 Å². The topological polar surface area (TPSA) is 17.1 Å². The fourth-order valence-corrected chi connectivity index (χ4v) is 1.42. The van der Waals surface area contributed by atoms with Crippen LogP contribution in [0.3, 0.4) is 0 Å². The normalized spacial score (nSPS) is 9.73. The highest BCUT2D eigenvalue weighted by atomic mass is 127. The van der Waals surface area contributed by atoms with E-state index < -0.39 is 5.82 Å². The van der Waals surface area contributed by atoms with E-state index in [9.17, 15) is 9.18 Å². The Morgan fingerprint density at radius 1 is 1.55 bits per heavy atom. The summed E-state index contributed by atoms with van der Waals surface area (Å²) >= 11 is 5.17. The Hall–Kier alpha value is 0.0300. The second-order valence-electron chi connectivity index (χ2n) is 1.91. The van der Waals surface area contributed by atoms with Crippen LogP contribution in [0.15, 0.2) is 16.6 Å². The van der Waals surface area contributed by atoms with Crippen LogP contribution in [0.4, 0.5) is 4.39 Å². The summed E-state index contributed by atoms with van der Waals surface area (Å²) < 4.78 is 14.3. The van der Waals surface area contributed by atoms with Crippen molar-refractivity contribution in [2.75, 3.05) is 0 Å². The maximum absolute atomic E-state index is 12.8. The van der Waals surface area contributed by atoms with E-state index in [1.54, 1.807) is 0 Å². The smallest absolute Gasteiger partial charge is 0.153 e. The Morgan fingerprint density at radius 3 is 2.73 bits per heavy atom. The molecule has 1 nitrogen and oxygen atoms in total. The Balaban J connectivity index is 3.31. The largest absolute Gasteiger partial charge is 0.298 e. The highest BCUT2D eigenvalue weighted by Gasteiger charge is 2.04. The molecular formula is C7H3BrFIO. The average Bonchev–Trinajstić information content (AvgIpc) is 1.97. The van der Waals surface area contributed by atoms with E-state index in [0.29, 0.717) is 6.29 Å². The molecule has 0 amide bonds. The van der Waals surface area contributed by atoms with E-state index >= 15 is 0 Å². The molecule has 1 aromatic rings. The third-order valence-corrected chi connectivity index (χ3v) is 3.46. The van der Waals surface area contributed by atoms with Crippen molar-refractivity contribution in [1.29, 1.82) is 0 Å². The monoisotopic (exact) mass is 328 g/mol. The Bertz CT molecular complexity index is 301.